The Balaban J connectivity index is 0.00000114. The molecule has 334 valence electrons. The smallest absolute Gasteiger partial charge is 0.260 e. The molecule has 0 saturated carbocycles. The molecule has 1 unspecified atom stereocenters. The largest absolute Gasteiger partial charge is 0.495 e. The van der Waals surface area contributed by atoms with Crippen LogP contribution in [0.5, 0.6) is 11.5 Å². The standard InChI is InChI=1S/C45H29N5O10.C3H9N.CH3Cl/c1-18(58-3)32-20(15-47)11-28-37-35(32)29(41(53)48-2)13-27(38(37)45(57)50-42(28)54)25-9-7-22-23(40(25)60-5)6-8-24(39(22)59-4)26-12-30-36-33(31(26)17-52)21(16-51)10-19(14-46)34(36)44(56)49-43(30)55;1-4(2)3;1-2/h6-13,16-18H,1-5H3,(H,48,53)(H,49,55,56)(H,50,54,57);1-3H3;1H3. The van der Waals surface area contributed by atoms with E-state index in [0.29, 0.717) is 40.0 Å². The van der Waals surface area contributed by atoms with Crippen LogP contribution >= 0.6 is 11.6 Å². The van der Waals surface area contributed by atoms with E-state index in [1.54, 1.807) is 31.2 Å². The van der Waals surface area contributed by atoms with Gasteiger partial charge in [0.1, 0.15) is 17.6 Å². The minimum absolute atomic E-state index is 0.00108. The Labute approximate surface area is 382 Å². The summed E-state index contributed by atoms with van der Waals surface area (Å²) < 4.78 is 17.6. The van der Waals surface area contributed by atoms with Gasteiger partial charge in [0.15, 0.2) is 12.6 Å². The number of ether oxygens (including phenoxy) is 3. The van der Waals surface area contributed by atoms with Gasteiger partial charge >= 0.3 is 0 Å². The van der Waals surface area contributed by atoms with Gasteiger partial charge in [0.2, 0.25) is 0 Å². The van der Waals surface area contributed by atoms with Crippen LogP contribution in [0.15, 0.2) is 48.5 Å². The highest BCUT2D eigenvalue weighted by molar-refractivity contribution is 6.32. The molecule has 66 heavy (non-hydrogen) atoms. The monoisotopic (exact) mass is 908 g/mol. The summed E-state index contributed by atoms with van der Waals surface area (Å²) >= 11 is 4.64. The minimum Gasteiger partial charge on any atom is -0.495 e. The number of hydrogen-bond acceptors (Lipinski definition) is 13. The topological polar surface area (TPSA) is 234 Å². The van der Waals surface area contributed by atoms with E-state index in [2.05, 4.69) is 33.6 Å². The van der Waals surface area contributed by atoms with Crippen LogP contribution in [0.2, 0.25) is 0 Å². The lowest BCUT2D eigenvalue weighted by molar-refractivity contribution is 0.0828. The van der Waals surface area contributed by atoms with Crippen molar-refractivity contribution in [3.05, 3.63) is 104 Å². The Kier molecular flexibility index (Phi) is 13.7. The van der Waals surface area contributed by atoms with Crippen LogP contribution in [0.25, 0.3) is 54.6 Å². The molecule has 6 aromatic rings. The number of nitrogens with zero attached hydrogens (tertiary/aromatic N) is 3. The molecule has 1 atom stereocenters. The van der Waals surface area contributed by atoms with Crippen LogP contribution in [0, 0.1) is 22.7 Å². The molecule has 6 aromatic carbocycles. The summed E-state index contributed by atoms with van der Waals surface area (Å²) in [5.74, 6) is -3.28. The fourth-order valence-electron chi connectivity index (χ4n) is 8.55. The van der Waals surface area contributed by atoms with Gasteiger partial charge in [-0.2, -0.15) is 10.5 Å². The highest BCUT2D eigenvalue weighted by atomic mass is 35.5. The molecule has 0 aliphatic carbocycles. The molecule has 2 heterocycles. The van der Waals surface area contributed by atoms with Crippen molar-refractivity contribution in [1.82, 2.24) is 20.9 Å². The van der Waals surface area contributed by atoms with E-state index in [1.165, 1.54) is 59.0 Å². The van der Waals surface area contributed by atoms with Crippen molar-refractivity contribution in [2.75, 3.05) is 55.9 Å². The number of imide groups is 2. The molecule has 0 bridgehead atoms. The number of aldehydes is 2. The third-order valence-corrected chi connectivity index (χ3v) is 11.1. The van der Waals surface area contributed by atoms with Crippen molar-refractivity contribution < 1.29 is 47.8 Å². The summed E-state index contributed by atoms with van der Waals surface area (Å²) in [4.78, 5) is 94.8. The SMILES string of the molecule is CCl.CN(C)C.CNC(=O)c1cc(-c2ccc3c(OC)c(-c4cc5c6c(c(C#N)cc(C=O)c6c4C=O)C(=O)NC5=O)ccc3c2OC)c2c3c(cc(C#N)c(C(C)OC)c13)C(=O)NC2=O. The number of rotatable bonds is 9. The maximum atomic E-state index is 13.9. The second-order valence-electron chi connectivity index (χ2n) is 15.2. The van der Waals surface area contributed by atoms with Gasteiger partial charge in [0.05, 0.1) is 48.6 Å². The molecule has 0 fully saturated rings. The highest BCUT2D eigenvalue weighted by Gasteiger charge is 2.36. The van der Waals surface area contributed by atoms with Gasteiger partial charge in [-0.3, -0.25) is 44.2 Å². The van der Waals surface area contributed by atoms with Crippen molar-refractivity contribution in [1.29, 1.82) is 10.5 Å². The fraction of sp³-hybridized carbons (Fsp3) is 0.204. The number of carbonyl (C=O) groups is 7. The summed E-state index contributed by atoms with van der Waals surface area (Å²) in [6.45, 7) is 1.68. The number of hydrogen-bond donors (Lipinski definition) is 3. The molecule has 8 rings (SSSR count). The number of carbonyl (C=O) groups excluding carboxylic acids is 7. The summed E-state index contributed by atoms with van der Waals surface area (Å²) in [7, 11) is 11.7. The van der Waals surface area contributed by atoms with Crippen LogP contribution in [-0.2, 0) is 4.74 Å². The minimum atomic E-state index is -0.845. The van der Waals surface area contributed by atoms with Crippen LogP contribution in [-0.4, -0.2) is 103 Å². The Bertz CT molecular complexity index is 3240. The third kappa shape index (κ3) is 7.52. The molecule has 3 N–H and O–H groups in total. The number of amides is 5. The molecular formula is C49H41ClN6O10. The molecule has 0 aromatic heterocycles. The number of fused-ring (bicyclic) bond motifs is 1. The van der Waals surface area contributed by atoms with Crippen LogP contribution in [0.1, 0.15) is 102 Å². The second kappa shape index (κ2) is 19.0. The lowest BCUT2D eigenvalue weighted by Gasteiger charge is -2.26. The molecule has 0 saturated heterocycles. The first kappa shape index (κ1) is 47.5. The van der Waals surface area contributed by atoms with Crippen molar-refractivity contribution in [2.45, 2.75) is 13.0 Å². The fourth-order valence-corrected chi connectivity index (χ4v) is 8.55. The quantitative estimate of drug-likeness (QED) is 0.0776. The lowest BCUT2D eigenvalue weighted by Crippen LogP contribution is -2.36. The summed E-state index contributed by atoms with van der Waals surface area (Å²) in [6.07, 6.45) is 1.68. The molecule has 2 aliphatic rings. The predicted molar refractivity (Wildman–Crippen MR) is 247 cm³/mol. The van der Waals surface area contributed by atoms with Crippen molar-refractivity contribution in [3.8, 4) is 45.9 Å². The predicted octanol–water partition coefficient (Wildman–Crippen LogP) is 6.73. The van der Waals surface area contributed by atoms with Gasteiger partial charge in [-0.05, 0) is 87.7 Å². The summed E-state index contributed by atoms with van der Waals surface area (Å²) in [5, 5.41) is 28.5. The first-order valence-corrected chi connectivity index (χ1v) is 20.6. The summed E-state index contributed by atoms with van der Waals surface area (Å²) in [5.41, 5.74) is 1.11. The van der Waals surface area contributed by atoms with Gasteiger partial charge < -0.3 is 24.4 Å². The molecule has 0 radical (unpaired) electrons. The number of nitriles is 2. The number of halogens is 1. The first-order chi connectivity index (χ1) is 31.7. The maximum Gasteiger partial charge on any atom is 0.260 e. The van der Waals surface area contributed by atoms with Gasteiger partial charge in [0.25, 0.3) is 29.5 Å². The van der Waals surface area contributed by atoms with E-state index >= 15 is 0 Å². The zero-order chi connectivity index (χ0) is 48.5. The Hall–Kier alpha value is -8.02. The summed E-state index contributed by atoms with van der Waals surface area (Å²) in [6, 6.07) is 16.0. The van der Waals surface area contributed by atoms with Gasteiger partial charge in [-0.1, -0.05) is 0 Å². The number of benzene rings is 6. The maximum absolute atomic E-state index is 13.9. The van der Waals surface area contributed by atoms with Crippen LogP contribution in [0.4, 0.5) is 0 Å². The van der Waals surface area contributed by atoms with Crippen LogP contribution in [0.3, 0.4) is 0 Å². The number of methoxy groups -OCH3 is 3. The molecule has 2 aliphatic heterocycles. The van der Waals surface area contributed by atoms with E-state index in [4.69, 9.17) is 14.2 Å². The van der Waals surface area contributed by atoms with E-state index in [1.807, 2.05) is 32.1 Å². The molecule has 17 heteroatoms. The first-order valence-electron chi connectivity index (χ1n) is 19.9. The normalized spacial score (nSPS) is 12.7. The van der Waals surface area contributed by atoms with E-state index < -0.39 is 35.6 Å². The molecule has 16 nitrogen and oxygen atoms in total. The third-order valence-electron chi connectivity index (χ3n) is 11.1. The average molecular weight is 909 g/mol. The van der Waals surface area contributed by atoms with Gasteiger partial charge in [0, 0.05) is 97.4 Å². The second-order valence-corrected chi connectivity index (χ2v) is 15.2. The van der Waals surface area contributed by atoms with Crippen LogP contribution < -0.4 is 25.4 Å². The Morgan fingerprint density at radius 3 is 1.68 bits per heavy atom. The van der Waals surface area contributed by atoms with Crippen molar-refractivity contribution in [2.24, 2.45) is 0 Å². The van der Waals surface area contributed by atoms with E-state index in [-0.39, 0.29) is 94.2 Å². The van der Waals surface area contributed by atoms with E-state index in [0.717, 1.165) is 0 Å². The highest BCUT2D eigenvalue weighted by Crippen LogP contribution is 2.49. The van der Waals surface area contributed by atoms with Gasteiger partial charge in [-0.15, -0.1) is 11.6 Å². The number of nitrogens with one attached hydrogen (secondary N) is 3. The Morgan fingerprint density at radius 2 is 1.20 bits per heavy atom. The molecule has 5 amide bonds. The zero-order valence-corrected chi connectivity index (χ0v) is 37.9. The number of alkyl halides is 1. The lowest BCUT2D eigenvalue weighted by atomic mass is 9.81. The Morgan fingerprint density at radius 1 is 0.682 bits per heavy atom. The van der Waals surface area contributed by atoms with E-state index in [9.17, 15) is 44.1 Å². The van der Waals surface area contributed by atoms with Crippen molar-refractivity contribution in [3.63, 3.8) is 0 Å². The van der Waals surface area contributed by atoms with Gasteiger partial charge in [-0.25, -0.2) is 0 Å². The molecular weight excluding hydrogens is 868 g/mol. The average Bonchev–Trinajstić information content (AvgIpc) is 3.32. The zero-order valence-electron chi connectivity index (χ0n) is 37.2. The molecule has 0 spiro atoms. The van der Waals surface area contributed by atoms with Crippen molar-refractivity contribution >= 4 is 86.0 Å².